The Morgan fingerprint density at radius 2 is 2.00 bits per heavy atom. The van der Waals surface area contributed by atoms with Crippen LogP contribution in [-0.4, -0.2) is 23.8 Å². The predicted octanol–water partition coefficient (Wildman–Crippen LogP) is 3.10. The monoisotopic (exact) mass is 270 g/mol. The summed E-state index contributed by atoms with van der Waals surface area (Å²) < 4.78 is 0. The van der Waals surface area contributed by atoms with Gasteiger partial charge in [-0.05, 0) is 42.3 Å². The van der Waals surface area contributed by atoms with Gasteiger partial charge in [-0.3, -0.25) is 4.98 Å². The summed E-state index contributed by atoms with van der Waals surface area (Å²) in [6.07, 6.45) is 4.79. The van der Waals surface area contributed by atoms with Gasteiger partial charge in [-0.2, -0.15) is 0 Å². The first-order chi connectivity index (χ1) is 9.43. The van der Waals surface area contributed by atoms with Crippen molar-refractivity contribution in [2.45, 2.75) is 17.2 Å². The molecular formula is C16H18N2S. The van der Waals surface area contributed by atoms with Crippen molar-refractivity contribution < 1.29 is 0 Å². The lowest BCUT2D eigenvalue weighted by Crippen LogP contribution is -2.23. The van der Waals surface area contributed by atoms with Crippen LogP contribution in [0.3, 0.4) is 0 Å². The van der Waals surface area contributed by atoms with Crippen LogP contribution in [0.1, 0.15) is 17.0 Å². The molecule has 3 heteroatoms. The summed E-state index contributed by atoms with van der Waals surface area (Å²) in [5, 5.41) is 3.58. The molecule has 1 aromatic heterocycles. The van der Waals surface area contributed by atoms with Crippen LogP contribution in [0.5, 0.6) is 0 Å². The molecular weight excluding hydrogens is 252 g/mol. The highest BCUT2D eigenvalue weighted by atomic mass is 32.2. The molecule has 0 aliphatic carbocycles. The number of pyridine rings is 1. The van der Waals surface area contributed by atoms with E-state index in [0.717, 1.165) is 19.5 Å². The highest BCUT2D eigenvalue weighted by Gasteiger charge is 2.21. The third-order valence-corrected chi connectivity index (χ3v) is 4.78. The van der Waals surface area contributed by atoms with Crippen LogP contribution in [0, 0.1) is 0 Å². The molecule has 0 spiro atoms. The number of aromatic nitrogens is 1. The molecule has 1 atom stereocenters. The summed E-state index contributed by atoms with van der Waals surface area (Å²) in [6, 6.07) is 13.0. The minimum absolute atomic E-state index is 0.665. The Balaban J connectivity index is 1.47. The van der Waals surface area contributed by atoms with Crippen LogP contribution in [0.4, 0.5) is 0 Å². The van der Waals surface area contributed by atoms with E-state index in [0.29, 0.717) is 5.92 Å². The first kappa shape index (κ1) is 12.7. The smallest absolute Gasteiger partial charge is 0.0270 e. The summed E-state index contributed by atoms with van der Waals surface area (Å²) in [7, 11) is 0. The topological polar surface area (TPSA) is 24.9 Å². The quantitative estimate of drug-likeness (QED) is 0.845. The fourth-order valence-corrected chi connectivity index (χ4v) is 3.71. The Hall–Kier alpha value is -1.32. The van der Waals surface area contributed by atoms with Crippen molar-refractivity contribution in [1.29, 1.82) is 0 Å². The van der Waals surface area contributed by atoms with Gasteiger partial charge in [-0.15, -0.1) is 11.8 Å². The van der Waals surface area contributed by atoms with Crippen molar-refractivity contribution in [3.63, 3.8) is 0 Å². The molecule has 1 unspecified atom stereocenters. The van der Waals surface area contributed by atoms with Gasteiger partial charge in [0.1, 0.15) is 0 Å². The van der Waals surface area contributed by atoms with E-state index in [4.69, 9.17) is 0 Å². The van der Waals surface area contributed by atoms with E-state index < -0.39 is 0 Å². The van der Waals surface area contributed by atoms with Crippen molar-refractivity contribution in [3.8, 4) is 0 Å². The number of fused-ring (bicyclic) bond motifs is 1. The molecule has 1 aliphatic rings. The minimum atomic E-state index is 0.665. The summed E-state index contributed by atoms with van der Waals surface area (Å²) in [5.74, 6) is 1.88. The first-order valence-corrected chi connectivity index (χ1v) is 7.73. The van der Waals surface area contributed by atoms with Gasteiger partial charge < -0.3 is 5.32 Å². The van der Waals surface area contributed by atoms with Crippen LogP contribution in [0.2, 0.25) is 0 Å². The molecule has 2 nitrogen and oxygen atoms in total. The Bertz CT molecular complexity index is 527. The molecule has 1 aliphatic heterocycles. The molecule has 0 fully saturated rings. The molecule has 2 heterocycles. The highest BCUT2D eigenvalue weighted by molar-refractivity contribution is 7.99. The minimum Gasteiger partial charge on any atom is -0.316 e. The normalized spacial score (nSPS) is 17.4. The number of rotatable bonds is 5. The van der Waals surface area contributed by atoms with Gasteiger partial charge in [0, 0.05) is 35.5 Å². The van der Waals surface area contributed by atoms with E-state index in [1.54, 1.807) is 0 Å². The van der Waals surface area contributed by atoms with Crippen molar-refractivity contribution in [2.24, 2.45) is 0 Å². The summed E-state index contributed by atoms with van der Waals surface area (Å²) in [5.41, 5.74) is 2.87. The molecule has 3 rings (SSSR count). The van der Waals surface area contributed by atoms with Gasteiger partial charge in [0.25, 0.3) is 0 Å². The maximum atomic E-state index is 4.04. The molecule has 2 aromatic rings. The lowest BCUT2D eigenvalue weighted by molar-refractivity contribution is 0.621. The second-order valence-electron chi connectivity index (χ2n) is 4.86. The van der Waals surface area contributed by atoms with Gasteiger partial charge in [-0.25, -0.2) is 0 Å². The number of nitrogens with zero attached hydrogens (tertiary/aromatic N) is 1. The average molecular weight is 270 g/mol. The zero-order valence-electron chi connectivity index (χ0n) is 10.9. The zero-order chi connectivity index (χ0) is 12.9. The Labute approximate surface area is 118 Å². The Morgan fingerprint density at radius 1 is 1.16 bits per heavy atom. The molecule has 1 N–H and O–H groups in total. The van der Waals surface area contributed by atoms with Crippen LogP contribution >= 0.6 is 11.8 Å². The van der Waals surface area contributed by atoms with Crippen LogP contribution < -0.4 is 5.32 Å². The zero-order valence-corrected chi connectivity index (χ0v) is 11.7. The summed E-state index contributed by atoms with van der Waals surface area (Å²) >= 11 is 1.98. The number of hydrogen-bond donors (Lipinski definition) is 1. The standard InChI is InChI=1S/C16H18N2S/c1-2-4-16-15(3-1)14(12-19-16)11-18-10-7-13-5-8-17-9-6-13/h1-6,8-9,14,18H,7,10-12H2. The maximum absolute atomic E-state index is 4.04. The predicted molar refractivity (Wildman–Crippen MR) is 80.7 cm³/mol. The number of thioether (sulfide) groups is 1. The molecule has 0 saturated carbocycles. The van der Waals surface area contributed by atoms with Gasteiger partial charge in [0.15, 0.2) is 0 Å². The summed E-state index contributed by atoms with van der Waals surface area (Å²) in [4.78, 5) is 5.50. The van der Waals surface area contributed by atoms with Gasteiger partial charge >= 0.3 is 0 Å². The largest absolute Gasteiger partial charge is 0.316 e. The van der Waals surface area contributed by atoms with Crippen molar-refractivity contribution in [1.82, 2.24) is 10.3 Å². The van der Waals surface area contributed by atoms with E-state index >= 15 is 0 Å². The molecule has 0 amide bonds. The molecule has 19 heavy (non-hydrogen) atoms. The Kier molecular flexibility index (Phi) is 4.16. The third kappa shape index (κ3) is 3.17. The van der Waals surface area contributed by atoms with E-state index in [1.165, 1.54) is 21.8 Å². The van der Waals surface area contributed by atoms with Gasteiger partial charge in [-0.1, -0.05) is 18.2 Å². The van der Waals surface area contributed by atoms with E-state index in [-0.39, 0.29) is 0 Å². The summed E-state index contributed by atoms with van der Waals surface area (Å²) in [6.45, 7) is 2.11. The van der Waals surface area contributed by atoms with Gasteiger partial charge in [0.2, 0.25) is 0 Å². The van der Waals surface area contributed by atoms with Crippen molar-refractivity contribution in [3.05, 3.63) is 59.9 Å². The second kappa shape index (κ2) is 6.22. The number of nitrogens with one attached hydrogen (secondary N) is 1. The highest BCUT2D eigenvalue weighted by Crippen LogP contribution is 2.38. The van der Waals surface area contributed by atoms with Crippen LogP contribution in [0.15, 0.2) is 53.7 Å². The fourth-order valence-electron chi connectivity index (χ4n) is 2.46. The molecule has 0 radical (unpaired) electrons. The average Bonchev–Trinajstić information content (AvgIpc) is 2.88. The number of hydrogen-bond acceptors (Lipinski definition) is 3. The first-order valence-electron chi connectivity index (χ1n) is 6.75. The lowest BCUT2D eigenvalue weighted by Gasteiger charge is -2.12. The van der Waals surface area contributed by atoms with E-state index in [2.05, 4.69) is 46.7 Å². The molecule has 1 aromatic carbocycles. The van der Waals surface area contributed by atoms with E-state index in [1.807, 2.05) is 24.2 Å². The van der Waals surface area contributed by atoms with Crippen molar-refractivity contribution in [2.75, 3.05) is 18.8 Å². The van der Waals surface area contributed by atoms with E-state index in [9.17, 15) is 0 Å². The third-order valence-electron chi connectivity index (χ3n) is 3.53. The molecule has 0 bridgehead atoms. The Morgan fingerprint density at radius 3 is 2.89 bits per heavy atom. The van der Waals surface area contributed by atoms with Gasteiger partial charge in [0.05, 0.1) is 0 Å². The molecule has 0 saturated heterocycles. The van der Waals surface area contributed by atoms with Crippen LogP contribution in [-0.2, 0) is 6.42 Å². The van der Waals surface area contributed by atoms with Crippen LogP contribution in [0.25, 0.3) is 0 Å². The molecule has 98 valence electrons. The lowest BCUT2D eigenvalue weighted by atomic mass is 10.0. The number of benzene rings is 1. The SMILES string of the molecule is c1ccc2c(c1)SCC2CNCCc1ccncc1. The maximum Gasteiger partial charge on any atom is 0.0270 e. The fraction of sp³-hybridized carbons (Fsp3) is 0.312. The van der Waals surface area contributed by atoms with Crippen molar-refractivity contribution >= 4 is 11.8 Å². The second-order valence-corrected chi connectivity index (χ2v) is 5.92.